The second-order valence-corrected chi connectivity index (χ2v) is 7.76. The average Bonchev–Trinajstić information content (AvgIpc) is 3.04. The molecular formula is C25H19ClFNO4. The number of aliphatic hydroxyl groups excluding tert-OH is 1. The zero-order chi connectivity index (χ0) is 23.0. The highest BCUT2D eigenvalue weighted by Gasteiger charge is 2.47. The molecule has 162 valence electrons. The summed E-state index contributed by atoms with van der Waals surface area (Å²) in [6.45, 7) is 1.85. The number of nitrogens with zero attached hydrogens (tertiary/aromatic N) is 1. The van der Waals surface area contributed by atoms with Gasteiger partial charge in [-0.2, -0.15) is 0 Å². The highest BCUT2D eigenvalue weighted by molar-refractivity contribution is 6.51. The van der Waals surface area contributed by atoms with Crippen LogP contribution in [0.3, 0.4) is 0 Å². The Morgan fingerprint density at radius 1 is 1.06 bits per heavy atom. The van der Waals surface area contributed by atoms with Crippen molar-refractivity contribution in [2.45, 2.75) is 13.0 Å². The topological polar surface area (TPSA) is 66.8 Å². The van der Waals surface area contributed by atoms with Gasteiger partial charge in [0.1, 0.15) is 17.3 Å². The van der Waals surface area contributed by atoms with E-state index in [0.717, 1.165) is 5.56 Å². The van der Waals surface area contributed by atoms with Gasteiger partial charge in [0.15, 0.2) is 0 Å². The number of aliphatic hydroxyl groups is 1. The second-order valence-electron chi connectivity index (χ2n) is 7.35. The van der Waals surface area contributed by atoms with E-state index in [4.69, 9.17) is 16.3 Å². The summed E-state index contributed by atoms with van der Waals surface area (Å²) >= 11 is 6.21. The first-order chi connectivity index (χ1) is 15.3. The number of carbonyl (C=O) groups excluding carboxylic acids is 2. The maximum absolute atomic E-state index is 13.5. The van der Waals surface area contributed by atoms with Gasteiger partial charge in [-0.15, -0.1) is 0 Å². The van der Waals surface area contributed by atoms with Crippen LogP contribution in [0.25, 0.3) is 5.76 Å². The van der Waals surface area contributed by atoms with Gasteiger partial charge in [0.2, 0.25) is 0 Å². The molecule has 7 heteroatoms. The maximum Gasteiger partial charge on any atom is 0.300 e. The second kappa shape index (κ2) is 8.48. The molecule has 32 heavy (non-hydrogen) atoms. The Morgan fingerprint density at radius 2 is 1.75 bits per heavy atom. The lowest BCUT2D eigenvalue weighted by atomic mass is 9.92. The van der Waals surface area contributed by atoms with Gasteiger partial charge >= 0.3 is 0 Å². The van der Waals surface area contributed by atoms with E-state index < -0.39 is 23.5 Å². The molecule has 1 amide bonds. The summed E-state index contributed by atoms with van der Waals surface area (Å²) in [6.07, 6.45) is 0. The zero-order valence-corrected chi connectivity index (χ0v) is 18.1. The summed E-state index contributed by atoms with van der Waals surface area (Å²) in [5, 5.41) is 11.4. The van der Waals surface area contributed by atoms with Crippen LogP contribution in [0.5, 0.6) is 5.75 Å². The van der Waals surface area contributed by atoms with Gasteiger partial charge in [-0.05, 0) is 60.5 Å². The smallest absolute Gasteiger partial charge is 0.300 e. The highest BCUT2D eigenvalue weighted by atomic mass is 35.5. The first-order valence-corrected chi connectivity index (χ1v) is 10.2. The van der Waals surface area contributed by atoms with Crippen LogP contribution in [0, 0.1) is 12.7 Å². The van der Waals surface area contributed by atoms with Gasteiger partial charge in [-0.25, -0.2) is 4.39 Å². The molecule has 1 aliphatic rings. The lowest BCUT2D eigenvalue weighted by Crippen LogP contribution is -2.29. The van der Waals surface area contributed by atoms with E-state index in [2.05, 4.69) is 0 Å². The molecule has 0 aliphatic carbocycles. The van der Waals surface area contributed by atoms with Gasteiger partial charge < -0.3 is 9.84 Å². The third kappa shape index (κ3) is 3.63. The van der Waals surface area contributed by atoms with Crippen LogP contribution in [0.2, 0.25) is 5.02 Å². The van der Waals surface area contributed by atoms with E-state index in [1.165, 1.54) is 42.3 Å². The minimum Gasteiger partial charge on any atom is -0.507 e. The number of rotatable bonds is 4. The summed E-state index contributed by atoms with van der Waals surface area (Å²) in [5.41, 5.74) is 2.03. The lowest BCUT2D eigenvalue weighted by molar-refractivity contribution is -0.132. The fourth-order valence-electron chi connectivity index (χ4n) is 3.86. The molecular weight excluding hydrogens is 433 g/mol. The van der Waals surface area contributed by atoms with E-state index in [0.29, 0.717) is 17.0 Å². The number of methoxy groups -OCH3 is 1. The summed E-state index contributed by atoms with van der Waals surface area (Å²) in [7, 11) is 1.47. The fourth-order valence-corrected chi connectivity index (χ4v) is 4.12. The van der Waals surface area contributed by atoms with Crippen LogP contribution >= 0.6 is 11.6 Å². The van der Waals surface area contributed by atoms with Crippen molar-refractivity contribution in [2.24, 2.45) is 0 Å². The van der Waals surface area contributed by atoms with Crippen LogP contribution < -0.4 is 9.64 Å². The normalized spacial score (nSPS) is 17.6. The summed E-state index contributed by atoms with van der Waals surface area (Å²) < 4.78 is 18.7. The van der Waals surface area contributed by atoms with Crippen LogP contribution in [-0.4, -0.2) is 23.9 Å². The molecule has 1 unspecified atom stereocenters. The predicted octanol–water partition coefficient (Wildman–Crippen LogP) is 5.42. The maximum atomic E-state index is 13.5. The molecule has 0 radical (unpaired) electrons. The quantitative estimate of drug-likeness (QED) is 0.326. The van der Waals surface area contributed by atoms with Crippen molar-refractivity contribution >= 4 is 34.7 Å². The van der Waals surface area contributed by atoms with Crippen molar-refractivity contribution in [1.29, 1.82) is 0 Å². The van der Waals surface area contributed by atoms with Gasteiger partial charge in [0.05, 0.1) is 23.7 Å². The van der Waals surface area contributed by atoms with Crippen molar-refractivity contribution in [3.05, 3.63) is 99.8 Å². The molecule has 1 aliphatic heterocycles. The molecule has 1 saturated heterocycles. The number of ether oxygens (including phenoxy) is 1. The Bertz CT molecular complexity index is 1250. The molecule has 3 aromatic rings. The molecule has 1 N–H and O–H groups in total. The number of amides is 1. The Labute approximate surface area is 189 Å². The van der Waals surface area contributed by atoms with E-state index >= 15 is 0 Å². The molecule has 1 atom stereocenters. The SMILES string of the molecule is COc1ccc(/C(O)=C2\C(=O)C(=O)N(c3ccc(F)cc3)C2c2ccccc2C)cc1Cl. The van der Waals surface area contributed by atoms with E-state index in [1.807, 2.05) is 19.1 Å². The fraction of sp³-hybridized carbons (Fsp3) is 0.120. The molecule has 0 bridgehead atoms. The number of carbonyl (C=O) groups is 2. The Hall–Kier alpha value is -3.64. The minimum atomic E-state index is -0.900. The van der Waals surface area contributed by atoms with Crippen molar-refractivity contribution < 1.29 is 23.8 Å². The molecule has 4 rings (SSSR count). The van der Waals surface area contributed by atoms with Crippen molar-refractivity contribution in [3.63, 3.8) is 0 Å². The molecule has 3 aromatic carbocycles. The standard InChI is InChI=1S/C25H19ClFNO4/c1-14-5-3-4-6-18(14)22-21(23(29)15-7-12-20(32-2)19(26)13-15)24(30)25(31)28(22)17-10-8-16(27)9-11-17/h3-13,22,29H,1-2H3/b23-21+. The number of benzene rings is 3. The number of aryl methyl sites for hydroxylation is 1. The number of hydrogen-bond donors (Lipinski definition) is 1. The first-order valence-electron chi connectivity index (χ1n) is 9.79. The summed E-state index contributed by atoms with van der Waals surface area (Å²) in [5.74, 6) is -2.07. The van der Waals surface area contributed by atoms with Crippen molar-refractivity contribution in [2.75, 3.05) is 12.0 Å². The molecule has 1 heterocycles. The zero-order valence-electron chi connectivity index (χ0n) is 17.3. The number of Topliss-reactive ketones (excluding diaryl/α,β-unsaturated/α-hetero) is 1. The predicted molar refractivity (Wildman–Crippen MR) is 120 cm³/mol. The highest BCUT2D eigenvalue weighted by Crippen LogP contribution is 2.43. The van der Waals surface area contributed by atoms with Crippen molar-refractivity contribution in [1.82, 2.24) is 0 Å². The first kappa shape index (κ1) is 21.6. The van der Waals surface area contributed by atoms with E-state index in [9.17, 15) is 19.1 Å². The van der Waals surface area contributed by atoms with Crippen LogP contribution in [0.15, 0.2) is 72.3 Å². The van der Waals surface area contributed by atoms with Gasteiger partial charge in [0.25, 0.3) is 11.7 Å². The lowest BCUT2D eigenvalue weighted by Gasteiger charge is -2.26. The molecule has 1 fully saturated rings. The van der Waals surface area contributed by atoms with Gasteiger partial charge in [0, 0.05) is 11.3 Å². The average molecular weight is 452 g/mol. The minimum absolute atomic E-state index is 0.0742. The number of halogens is 2. The van der Waals surface area contributed by atoms with Gasteiger partial charge in [-0.1, -0.05) is 35.9 Å². The van der Waals surface area contributed by atoms with E-state index in [-0.39, 0.29) is 21.9 Å². The summed E-state index contributed by atoms with van der Waals surface area (Å²) in [4.78, 5) is 27.5. The Morgan fingerprint density at radius 3 is 2.38 bits per heavy atom. The summed E-state index contributed by atoms with van der Waals surface area (Å²) in [6, 6.07) is 16.2. The monoisotopic (exact) mass is 451 g/mol. The van der Waals surface area contributed by atoms with Crippen molar-refractivity contribution in [3.8, 4) is 5.75 Å². The van der Waals surface area contributed by atoms with E-state index in [1.54, 1.807) is 24.3 Å². The van der Waals surface area contributed by atoms with Crippen LogP contribution in [-0.2, 0) is 9.59 Å². The number of hydrogen-bond acceptors (Lipinski definition) is 4. The third-order valence-electron chi connectivity index (χ3n) is 5.46. The molecule has 0 saturated carbocycles. The van der Waals surface area contributed by atoms with Crippen LogP contribution in [0.1, 0.15) is 22.7 Å². The number of ketones is 1. The Balaban J connectivity index is 1.96. The van der Waals surface area contributed by atoms with Gasteiger partial charge in [-0.3, -0.25) is 14.5 Å². The molecule has 0 spiro atoms. The Kier molecular flexibility index (Phi) is 5.72. The molecule has 0 aromatic heterocycles. The largest absolute Gasteiger partial charge is 0.507 e. The molecule has 5 nitrogen and oxygen atoms in total. The third-order valence-corrected chi connectivity index (χ3v) is 5.75. The number of anilines is 1. The van der Waals surface area contributed by atoms with Crippen LogP contribution in [0.4, 0.5) is 10.1 Å².